The van der Waals surface area contributed by atoms with Gasteiger partial charge in [0.25, 0.3) is 0 Å². The zero-order valence-corrected chi connectivity index (χ0v) is 17.8. The molecule has 1 aliphatic heterocycles. The van der Waals surface area contributed by atoms with E-state index in [1.807, 2.05) is 0 Å². The summed E-state index contributed by atoms with van der Waals surface area (Å²) in [6.45, 7) is 3.92. The van der Waals surface area contributed by atoms with Crippen molar-refractivity contribution < 1.29 is 14.4 Å². The van der Waals surface area contributed by atoms with Crippen molar-refractivity contribution in [3.05, 3.63) is 62.4 Å². The van der Waals surface area contributed by atoms with E-state index in [0.29, 0.717) is 50.3 Å². The maximum Gasteiger partial charge on any atom is 0.200 e. The normalized spacial score (nSPS) is 19.6. The molecule has 1 fully saturated rings. The lowest BCUT2D eigenvalue weighted by molar-refractivity contribution is -0.944. The maximum atomic E-state index is 13.2. The van der Waals surface area contributed by atoms with Crippen LogP contribution in [0.2, 0.25) is 10.0 Å². The van der Waals surface area contributed by atoms with Crippen LogP contribution in [0.25, 0.3) is 22.1 Å². The summed E-state index contributed by atoms with van der Waals surface area (Å²) in [6.07, 6.45) is 6.17. The number of nitrogens with one attached hydrogen (secondary N) is 1. The van der Waals surface area contributed by atoms with Crippen LogP contribution in [0, 0.1) is 0 Å². The Morgan fingerprint density at radius 2 is 2.00 bits per heavy atom. The molecule has 0 aliphatic carbocycles. The number of fused-ring (bicyclic) bond motifs is 1. The highest BCUT2D eigenvalue weighted by Gasteiger charge is 2.27. The highest BCUT2D eigenvalue weighted by molar-refractivity contribution is 6.36. The Labute approximate surface area is 179 Å². The van der Waals surface area contributed by atoms with Crippen molar-refractivity contribution in [2.75, 3.05) is 6.54 Å². The van der Waals surface area contributed by atoms with E-state index < -0.39 is 0 Å². The molecule has 2 aromatic carbocycles. The van der Waals surface area contributed by atoms with Gasteiger partial charge in [0, 0.05) is 10.6 Å². The average molecular weight is 433 g/mol. The molecule has 0 radical (unpaired) electrons. The minimum atomic E-state index is -0.169. The highest BCUT2D eigenvalue weighted by atomic mass is 35.5. The predicted octanol–water partition coefficient (Wildman–Crippen LogP) is 4.82. The third-order valence-corrected chi connectivity index (χ3v) is 6.56. The van der Waals surface area contributed by atoms with Gasteiger partial charge in [0.15, 0.2) is 0 Å². The Morgan fingerprint density at radius 3 is 2.76 bits per heavy atom. The summed E-state index contributed by atoms with van der Waals surface area (Å²) in [5.41, 5.74) is 1.94. The minimum absolute atomic E-state index is 0.169. The molecule has 6 heteroatoms. The molecule has 0 bridgehead atoms. The monoisotopic (exact) mass is 432 g/mol. The molecule has 4 nitrogen and oxygen atoms in total. The summed E-state index contributed by atoms with van der Waals surface area (Å²) in [4.78, 5) is 14.6. The van der Waals surface area contributed by atoms with Gasteiger partial charge in [-0.3, -0.25) is 4.79 Å². The number of benzene rings is 2. The van der Waals surface area contributed by atoms with Crippen LogP contribution in [0.15, 0.2) is 45.8 Å². The Kier molecular flexibility index (Phi) is 5.86. The van der Waals surface area contributed by atoms with Gasteiger partial charge < -0.3 is 14.4 Å². The number of halogens is 2. The van der Waals surface area contributed by atoms with Crippen LogP contribution >= 0.6 is 23.2 Å². The fourth-order valence-corrected chi connectivity index (χ4v) is 4.93. The Bertz CT molecular complexity index is 1110. The summed E-state index contributed by atoms with van der Waals surface area (Å²) >= 11 is 12.3. The summed E-state index contributed by atoms with van der Waals surface area (Å²) in [5, 5.41) is 11.9. The first-order valence-corrected chi connectivity index (χ1v) is 10.8. The van der Waals surface area contributed by atoms with Crippen LogP contribution in [-0.4, -0.2) is 17.7 Å². The lowest BCUT2D eigenvalue weighted by Crippen LogP contribution is -3.15. The number of hydrogen-bond acceptors (Lipinski definition) is 3. The van der Waals surface area contributed by atoms with Gasteiger partial charge in [-0.2, -0.15) is 0 Å². The van der Waals surface area contributed by atoms with Gasteiger partial charge in [0.2, 0.25) is 5.43 Å². The molecule has 0 spiro atoms. The lowest BCUT2D eigenvalue weighted by Gasteiger charge is -2.32. The van der Waals surface area contributed by atoms with E-state index in [2.05, 4.69) is 6.92 Å². The number of phenolic OH excluding ortho intramolecular Hbond substituents is 1. The molecule has 0 amide bonds. The zero-order valence-electron chi connectivity index (χ0n) is 16.3. The van der Waals surface area contributed by atoms with E-state index >= 15 is 0 Å². The predicted molar refractivity (Wildman–Crippen MR) is 117 cm³/mol. The van der Waals surface area contributed by atoms with E-state index in [9.17, 15) is 9.90 Å². The molecule has 4 rings (SSSR count). The summed E-state index contributed by atoms with van der Waals surface area (Å²) in [7, 11) is 0. The molecule has 29 heavy (non-hydrogen) atoms. The van der Waals surface area contributed by atoms with E-state index in [0.717, 1.165) is 13.0 Å². The topological polar surface area (TPSA) is 54.9 Å². The number of aromatic hydroxyl groups is 1. The van der Waals surface area contributed by atoms with Crippen LogP contribution in [0.4, 0.5) is 0 Å². The second-order valence-corrected chi connectivity index (χ2v) is 8.57. The number of likely N-dealkylation sites (tertiary alicyclic amines) is 1. The first kappa shape index (κ1) is 20.3. The average Bonchev–Trinajstić information content (AvgIpc) is 2.71. The van der Waals surface area contributed by atoms with Crippen molar-refractivity contribution in [3.63, 3.8) is 0 Å². The molecule has 152 valence electrons. The van der Waals surface area contributed by atoms with E-state index in [1.165, 1.54) is 30.4 Å². The van der Waals surface area contributed by atoms with Crippen LogP contribution < -0.4 is 10.3 Å². The van der Waals surface area contributed by atoms with Gasteiger partial charge in [0.05, 0.1) is 34.1 Å². The molecule has 2 atom stereocenters. The lowest BCUT2D eigenvalue weighted by atomic mass is 9.98. The standard InChI is InChI=1S/C23H23Cl2NO3/c1-2-15-5-3-4-10-26(15)12-18-21(27)9-8-17-22(28)19(13-29-23(17)18)16-7-6-14(24)11-20(16)25/h6-9,11,13,15,27H,2-5,10,12H2,1H3/p+1/t15-/m0/s1. The Balaban J connectivity index is 1.80. The first-order valence-electron chi connectivity index (χ1n) is 10.1. The highest BCUT2D eigenvalue weighted by Crippen LogP contribution is 2.31. The third kappa shape index (κ3) is 3.89. The van der Waals surface area contributed by atoms with Crippen molar-refractivity contribution in [1.29, 1.82) is 0 Å². The largest absolute Gasteiger partial charge is 0.507 e. The Morgan fingerprint density at radius 1 is 1.17 bits per heavy atom. The quantitative estimate of drug-likeness (QED) is 0.621. The fraction of sp³-hybridized carbons (Fsp3) is 0.348. The van der Waals surface area contributed by atoms with Gasteiger partial charge in [-0.05, 0) is 49.9 Å². The number of phenols is 1. The van der Waals surface area contributed by atoms with Crippen molar-refractivity contribution in [2.24, 2.45) is 0 Å². The molecule has 2 N–H and O–H groups in total. The van der Waals surface area contributed by atoms with Crippen LogP contribution in [0.5, 0.6) is 5.75 Å². The van der Waals surface area contributed by atoms with Crippen LogP contribution in [-0.2, 0) is 6.54 Å². The van der Waals surface area contributed by atoms with Crippen molar-refractivity contribution in [2.45, 2.75) is 45.2 Å². The molecule has 0 saturated carbocycles. The number of quaternary nitrogens is 1. The molecule has 1 aliphatic rings. The minimum Gasteiger partial charge on any atom is -0.507 e. The molecular weight excluding hydrogens is 409 g/mol. The molecule has 1 unspecified atom stereocenters. The molecule has 2 heterocycles. The number of rotatable bonds is 4. The SMILES string of the molecule is CC[C@H]1CCCC[NH+]1Cc1c(O)ccc2c(=O)c(-c3ccc(Cl)cc3Cl)coc12. The van der Waals surface area contributed by atoms with Crippen LogP contribution in [0.1, 0.15) is 38.2 Å². The smallest absolute Gasteiger partial charge is 0.200 e. The second-order valence-electron chi connectivity index (χ2n) is 7.73. The molecule has 1 saturated heterocycles. The van der Waals surface area contributed by atoms with Gasteiger partial charge >= 0.3 is 0 Å². The van der Waals surface area contributed by atoms with E-state index in [-0.39, 0.29) is 11.2 Å². The van der Waals surface area contributed by atoms with Gasteiger partial charge in [-0.15, -0.1) is 0 Å². The number of hydrogen-bond donors (Lipinski definition) is 2. The Hall–Kier alpha value is -2.01. The van der Waals surface area contributed by atoms with E-state index in [1.54, 1.807) is 30.3 Å². The van der Waals surface area contributed by atoms with Crippen molar-refractivity contribution >= 4 is 34.2 Å². The molecular formula is C23H24Cl2NO3+. The van der Waals surface area contributed by atoms with Gasteiger partial charge in [-0.1, -0.05) is 36.2 Å². The second kappa shape index (κ2) is 8.39. The van der Waals surface area contributed by atoms with Gasteiger partial charge in [0.1, 0.15) is 24.1 Å². The summed E-state index contributed by atoms with van der Waals surface area (Å²) < 4.78 is 5.92. The van der Waals surface area contributed by atoms with Gasteiger partial charge in [-0.25, -0.2) is 0 Å². The summed E-state index contributed by atoms with van der Waals surface area (Å²) in [6, 6.07) is 8.79. The third-order valence-electron chi connectivity index (χ3n) is 6.02. The fourth-order valence-electron chi connectivity index (χ4n) is 4.42. The molecule has 3 aromatic rings. The van der Waals surface area contributed by atoms with Crippen molar-refractivity contribution in [1.82, 2.24) is 0 Å². The van der Waals surface area contributed by atoms with Crippen LogP contribution in [0.3, 0.4) is 0 Å². The molecule has 1 aromatic heterocycles. The zero-order chi connectivity index (χ0) is 20.5. The summed E-state index contributed by atoms with van der Waals surface area (Å²) in [5.74, 6) is 0.172. The first-order chi connectivity index (χ1) is 14.0. The van der Waals surface area contributed by atoms with E-state index in [4.69, 9.17) is 27.6 Å². The number of piperidine rings is 1. The van der Waals surface area contributed by atoms with Crippen molar-refractivity contribution in [3.8, 4) is 16.9 Å². The maximum absolute atomic E-state index is 13.2.